The monoisotopic (exact) mass is 494 g/mol. The molecule has 35 heavy (non-hydrogen) atoms. The molecule has 4 heterocycles. The number of nitrogens with zero attached hydrogens (tertiary/aromatic N) is 4. The van der Waals surface area contributed by atoms with E-state index in [0.29, 0.717) is 38.4 Å². The van der Waals surface area contributed by atoms with Gasteiger partial charge in [0, 0.05) is 38.6 Å². The molecule has 190 valence electrons. The van der Waals surface area contributed by atoms with Gasteiger partial charge in [0.25, 0.3) is 11.9 Å². The molecule has 0 radical (unpaired) electrons. The highest BCUT2D eigenvalue weighted by molar-refractivity contribution is 6.03. The van der Waals surface area contributed by atoms with Gasteiger partial charge in [-0.3, -0.25) is 9.59 Å². The summed E-state index contributed by atoms with van der Waals surface area (Å²) in [4.78, 5) is 35.9. The minimum Gasteiger partial charge on any atom is -0.417 e. The van der Waals surface area contributed by atoms with E-state index in [-0.39, 0.29) is 23.7 Å². The molecule has 2 aliphatic rings. The summed E-state index contributed by atoms with van der Waals surface area (Å²) in [5.41, 5.74) is -1.09. The molecule has 0 atom stereocenters. The van der Waals surface area contributed by atoms with E-state index >= 15 is 0 Å². The molecule has 0 bridgehead atoms. The highest BCUT2D eigenvalue weighted by Crippen LogP contribution is 2.35. The van der Waals surface area contributed by atoms with Gasteiger partial charge in [-0.05, 0) is 44.2 Å². The first-order chi connectivity index (χ1) is 16.7. The van der Waals surface area contributed by atoms with Crippen LogP contribution in [-0.2, 0) is 11.0 Å². The largest absolute Gasteiger partial charge is 0.437 e. The van der Waals surface area contributed by atoms with Gasteiger partial charge in [-0.2, -0.15) is 18.2 Å². The Balaban J connectivity index is 1.40. The second kappa shape index (κ2) is 10.5. The quantitative estimate of drug-likeness (QED) is 0.629. The molecule has 0 aliphatic carbocycles. The van der Waals surface area contributed by atoms with Crippen molar-refractivity contribution < 1.29 is 27.2 Å². The minimum absolute atomic E-state index is 0.0326. The number of pyridine rings is 1. The summed E-state index contributed by atoms with van der Waals surface area (Å²) < 4.78 is 45.9. The first kappa shape index (κ1) is 24.8. The van der Waals surface area contributed by atoms with Gasteiger partial charge in [-0.15, -0.1) is 0 Å². The second-order valence-corrected chi connectivity index (χ2v) is 8.76. The lowest BCUT2D eigenvalue weighted by Crippen LogP contribution is -2.44. The topological polar surface area (TPSA) is 104 Å². The van der Waals surface area contributed by atoms with Gasteiger partial charge in [0.15, 0.2) is 5.69 Å². The molecule has 12 heteroatoms. The molecule has 0 unspecified atom stereocenters. The number of hydrogen-bond donors (Lipinski definition) is 2. The van der Waals surface area contributed by atoms with Crippen molar-refractivity contribution in [3.8, 4) is 0 Å². The summed E-state index contributed by atoms with van der Waals surface area (Å²) in [5.74, 6) is -1.18. The molecule has 2 aromatic rings. The number of alkyl halides is 3. The van der Waals surface area contributed by atoms with E-state index in [9.17, 15) is 22.8 Å². The molecule has 0 saturated carbocycles. The van der Waals surface area contributed by atoms with Crippen molar-refractivity contribution in [2.75, 3.05) is 41.3 Å². The van der Waals surface area contributed by atoms with Gasteiger partial charge < -0.3 is 24.9 Å². The predicted molar refractivity (Wildman–Crippen MR) is 123 cm³/mol. The van der Waals surface area contributed by atoms with E-state index in [1.54, 1.807) is 17.0 Å². The average molecular weight is 495 g/mol. The number of amides is 2. The lowest BCUT2D eigenvalue weighted by Gasteiger charge is -2.33. The van der Waals surface area contributed by atoms with Crippen molar-refractivity contribution in [2.24, 2.45) is 0 Å². The predicted octanol–water partition coefficient (Wildman–Crippen LogP) is 3.83. The molecular weight excluding hydrogens is 465 g/mol. The van der Waals surface area contributed by atoms with E-state index in [0.717, 1.165) is 32.1 Å². The lowest BCUT2D eigenvalue weighted by atomic mass is 10.0. The SMILES string of the molecule is CCC(=O)NC1CCN(c2ccc(NC(=O)c3oc(N4CCCCC4)nc3C(F)(F)F)cn2)CC1. The van der Waals surface area contributed by atoms with E-state index in [1.165, 1.54) is 6.20 Å². The van der Waals surface area contributed by atoms with Crippen molar-refractivity contribution in [1.29, 1.82) is 0 Å². The maximum Gasteiger partial charge on any atom is 0.437 e. The van der Waals surface area contributed by atoms with E-state index in [2.05, 4.69) is 25.5 Å². The number of aromatic nitrogens is 2. The summed E-state index contributed by atoms with van der Waals surface area (Å²) in [5, 5.41) is 5.43. The fourth-order valence-corrected chi connectivity index (χ4v) is 4.29. The lowest BCUT2D eigenvalue weighted by molar-refractivity contribution is -0.141. The fraction of sp³-hybridized carbons (Fsp3) is 0.565. The van der Waals surface area contributed by atoms with Gasteiger partial charge in [0.2, 0.25) is 11.7 Å². The van der Waals surface area contributed by atoms with Crippen molar-refractivity contribution >= 4 is 29.3 Å². The van der Waals surface area contributed by atoms with Crippen molar-refractivity contribution in [2.45, 2.75) is 57.7 Å². The van der Waals surface area contributed by atoms with Gasteiger partial charge in [-0.25, -0.2) is 4.98 Å². The average Bonchev–Trinajstić information content (AvgIpc) is 3.32. The number of hydrogen-bond acceptors (Lipinski definition) is 7. The van der Waals surface area contributed by atoms with Crippen LogP contribution in [0.3, 0.4) is 0 Å². The number of rotatable bonds is 6. The van der Waals surface area contributed by atoms with Crippen LogP contribution in [0.1, 0.15) is 61.7 Å². The molecule has 2 aliphatic heterocycles. The Morgan fingerprint density at radius 3 is 2.40 bits per heavy atom. The Kier molecular flexibility index (Phi) is 7.46. The molecular formula is C23H29F3N6O3. The molecule has 2 N–H and O–H groups in total. The molecule has 0 spiro atoms. The van der Waals surface area contributed by atoms with Crippen molar-refractivity contribution in [3.05, 3.63) is 29.8 Å². The maximum absolute atomic E-state index is 13.5. The Labute approximate surface area is 201 Å². The molecule has 9 nitrogen and oxygen atoms in total. The standard InChI is InChI=1S/C23H29F3N6O3/c1-2-18(33)28-15-8-12-31(13-9-15)17-7-6-16(14-27-17)29-21(34)19-20(23(24,25)26)30-22(35-19)32-10-4-3-5-11-32/h6-7,14-15H,2-5,8-13H2,1H3,(H,28,33)(H,29,34). The van der Waals surface area contributed by atoms with Gasteiger partial charge in [0.05, 0.1) is 11.9 Å². The second-order valence-electron chi connectivity index (χ2n) is 8.76. The Morgan fingerprint density at radius 1 is 1.09 bits per heavy atom. The van der Waals surface area contributed by atoms with Crippen LogP contribution < -0.4 is 20.4 Å². The summed E-state index contributed by atoms with van der Waals surface area (Å²) in [6.45, 7) is 4.30. The minimum atomic E-state index is -4.82. The van der Waals surface area contributed by atoms with E-state index < -0.39 is 23.5 Å². The molecule has 2 aromatic heterocycles. The maximum atomic E-state index is 13.5. The molecule has 2 fully saturated rings. The normalized spacial score (nSPS) is 17.4. The smallest absolute Gasteiger partial charge is 0.417 e. The third kappa shape index (κ3) is 6.04. The first-order valence-corrected chi connectivity index (χ1v) is 11.9. The molecule has 2 amide bonds. The van der Waals surface area contributed by atoms with Gasteiger partial charge >= 0.3 is 6.18 Å². The summed E-state index contributed by atoms with van der Waals surface area (Å²) >= 11 is 0. The summed E-state index contributed by atoms with van der Waals surface area (Å²) in [6, 6.07) is 3.23. The van der Waals surface area contributed by atoms with Crippen LogP contribution in [0.25, 0.3) is 0 Å². The fourth-order valence-electron chi connectivity index (χ4n) is 4.29. The van der Waals surface area contributed by atoms with Crippen LogP contribution in [-0.4, -0.2) is 54.0 Å². The van der Waals surface area contributed by atoms with E-state index in [4.69, 9.17) is 4.42 Å². The Bertz CT molecular complexity index is 1030. The van der Waals surface area contributed by atoms with Crippen LogP contribution in [0.5, 0.6) is 0 Å². The Hall–Kier alpha value is -3.31. The van der Waals surface area contributed by atoms with Crippen molar-refractivity contribution in [1.82, 2.24) is 15.3 Å². The number of nitrogens with one attached hydrogen (secondary N) is 2. The number of anilines is 3. The highest BCUT2D eigenvalue weighted by atomic mass is 19.4. The zero-order valence-electron chi connectivity index (χ0n) is 19.5. The highest BCUT2D eigenvalue weighted by Gasteiger charge is 2.42. The third-order valence-corrected chi connectivity index (χ3v) is 6.23. The summed E-state index contributed by atoms with van der Waals surface area (Å²) in [6.07, 6.45) is 1.25. The number of carbonyl (C=O) groups is 2. The number of halogens is 3. The Morgan fingerprint density at radius 2 is 1.80 bits per heavy atom. The number of carbonyl (C=O) groups excluding carboxylic acids is 2. The van der Waals surface area contributed by atoms with E-state index in [1.807, 2.05) is 6.92 Å². The van der Waals surface area contributed by atoms with Crippen LogP contribution in [0.15, 0.2) is 22.7 Å². The van der Waals surface area contributed by atoms with Gasteiger partial charge in [-0.1, -0.05) is 6.92 Å². The molecule has 4 rings (SSSR count). The van der Waals surface area contributed by atoms with Crippen LogP contribution in [0, 0.1) is 0 Å². The number of oxazole rings is 1. The van der Waals surface area contributed by atoms with Crippen molar-refractivity contribution in [3.63, 3.8) is 0 Å². The van der Waals surface area contributed by atoms with Crippen LogP contribution in [0.4, 0.5) is 30.7 Å². The first-order valence-electron chi connectivity index (χ1n) is 11.9. The molecule has 0 aromatic carbocycles. The van der Waals surface area contributed by atoms with Gasteiger partial charge in [0.1, 0.15) is 5.82 Å². The third-order valence-electron chi connectivity index (χ3n) is 6.23. The summed E-state index contributed by atoms with van der Waals surface area (Å²) in [7, 11) is 0. The van der Waals surface area contributed by atoms with Crippen LogP contribution >= 0.6 is 0 Å². The molecule has 2 saturated heterocycles. The zero-order valence-corrected chi connectivity index (χ0v) is 19.5. The van der Waals surface area contributed by atoms with Crippen LogP contribution in [0.2, 0.25) is 0 Å². The zero-order chi connectivity index (χ0) is 25.0. The number of piperidine rings is 2.